The molecule has 0 heterocycles. The second kappa shape index (κ2) is 13.6. The maximum Gasteiger partial charge on any atom is 0.309 e. The van der Waals surface area contributed by atoms with E-state index in [0.717, 1.165) is 25.7 Å². The van der Waals surface area contributed by atoms with Crippen molar-refractivity contribution in [3.8, 4) is 0 Å². The van der Waals surface area contributed by atoms with Gasteiger partial charge < -0.3 is 9.47 Å². The second-order valence-electron chi connectivity index (χ2n) is 5.78. The molecule has 0 radical (unpaired) electrons. The van der Waals surface area contributed by atoms with Gasteiger partial charge in [0.2, 0.25) is 0 Å². The van der Waals surface area contributed by atoms with Crippen molar-refractivity contribution in [2.75, 3.05) is 13.2 Å². The monoisotopic (exact) mass is 314 g/mol. The molecule has 1 rings (SSSR count). The Morgan fingerprint density at radius 3 is 1.14 bits per heavy atom. The van der Waals surface area contributed by atoms with Crippen LogP contribution in [-0.2, 0) is 19.1 Å². The topological polar surface area (TPSA) is 52.6 Å². The van der Waals surface area contributed by atoms with Crippen LogP contribution in [0.4, 0.5) is 0 Å². The molecule has 1 fully saturated rings. The maximum absolute atomic E-state index is 11.5. The maximum atomic E-state index is 11.5. The van der Waals surface area contributed by atoms with Crippen molar-refractivity contribution < 1.29 is 19.1 Å². The first-order valence-corrected chi connectivity index (χ1v) is 8.93. The summed E-state index contributed by atoms with van der Waals surface area (Å²) in [5.41, 5.74) is 0. The Bertz CT molecular complexity index is 259. The molecule has 0 unspecified atom stereocenters. The molecule has 0 aromatic rings. The lowest BCUT2D eigenvalue weighted by Gasteiger charge is -2.14. The van der Waals surface area contributed by atoms with Gasteiger partial charge in [0, 0.05) is 0 Å². The van der Waals surface area contributed by atoms with Gasteiger partial charge in [0.1, 0.15) is 13.2 Å². The molecule has 0 spiro atoms. The molecule has 0 atom stereocenters. The smallest absolute Gasteiger partial charge is 0.309 e. The van der Waals surface area contributed by atoms with Gasteiger partial charge in [-0.1, -0.05) is 53.4 Å². The molecule has 22 heavy (non-hydrogen) atoms. The molecule has 4 heteroatoms. The van der Waals surface area contributed by atoms with Gasteiger partial charge in [-0.2, -0.15) is 0 Å². The van der Waals surface area contributed by atoms with Gasteiger partial charge in [0.05, 0.1) is 11.8 Å². The summed E-state index contributed by atoms with van der Waals surface area (Å²) in [4.78, 5) is 23.1. The lowest BCUT2D eigenvalue weighted by Crippen LogP contribution is -2.22. The van der Waals surface area contributed by atoms with Crippen LogP contribution in [0.25, 0.3) is 0 Å². The third kappa shape index (κ3) is 9.06. The highest BCUT2D eigenvalue weighted by molar-refractivity contribution is 5.73. The highest BCUT2D eigenvalue weighted by Gasteiger charge is 2.17. The van der Waals surface area contributed by atoms with Gasteiger partial charge in [-0.05, 0) is 25.7 Å². The Morgan fingerprint density at radius 2 is 0.955 bits per heavy atom. The van der Waals surface area contributed by atoms with Crippen LogP contribution in [0, 0.1) is 11.8 Å². The highest BCUT2D eigenvalue weighted by Crippen LogP contribution is 2.15. The number of carbonyl (C=O) groups excluding carboxylic acids is 2. The van der Waals surface area contributed by atoms with Gasteiger partial charge in [-0.25, -0.2) is 0 Å². The van der Waals surface area contributed by atoms with Crippen molar-refractivity contribution in [1.82, 2.24) is 0 Å². The van der Waals surface area contributed by atoms with Gasteiger partial charge in [0.15, 0.2) is 0 Å². The molecule has 1 saturated carbocycles. The van der Waals surface area contributed by atoms with Crippen molar-refractivity contribution >= 4 is 11.9 Å². The molecule has 0 N–H and O–H groups in total. The zero-order chi connectivity index (χ0) is 16.8. The minimum absolute atomic E-state index is 0.0419. The van der Waals surface area contributed by atoms with Crippen molar-refractivity contribution in [1.29, 1.82) is 0 Å². The largest absolute Gasteiger partial charge is 0.462 e. The Balaban J connectivity index is 0.000000939. The van der Waals surface area contributed by atoms with E-state index in [2.05, 4.69) is 0 Å². The molecule has 0 aromatic carbocycles. The zero-order valence-electron chi connectivity index (χ0n) is 14.9. The summed E-state index contributed by atoms with van der Waals surface area (Å²) in [5.74, 6) is -0.475. The van der Waals surface area contributed by atoms with E-state index in [9.17, 15) is 9.59 Å². The predicted molar refractivity (Wildman–Crippen MR) is 88.5 cm³/mol. The van der Waals surface area contributed by atoms with Crippen LogP contribution in [0.1, 0.15) is 79.1 Å². The quantitative estimate of drug-likeness (QED) is 0.464. The number of hydrogen-bond donors (Lipinski definition) is 0. The molecule has 0 aromatic heterocycles. The molecule has 0 bridgehead atoms. The van der Waals surface area contributed by atoms with Crippen LogP contribution in [0.5, 0.6) is 0 Å². The van der Waals surface area contributed by atoms with Gasteiger partial charge in [0.25, 0.3) is 0 Å². The first-order valence-electron chi connectivity index (χ1n) is 8.93. The summed E-state index contributed by atoms with van der Waals surface area (Å²) < 4.78 is 10.1. The number of hydrogen-bond acceptors (Lipinski definition) is 4. The number of rotatable bonds is 9. The van der Waals surface area contributed by atoms with E-state index in [4.69, 9.17) is 9.47 Å². The fraction of sp³-hybridized carbons (Fsp3) is 0.889. The minimum Gasteiger partial charge on any atom is -0.462 e. The SMILES string of the molecule is C1CCC1.CCC(CC)C(=O)OCCOC(=O)C(CC)CC. The van der Waals surface area contributed by atoms with Crippen molar-refractivity contribution in [3.63, 3.8) is 0 Å². The average Bonchev–Trinajstić information content (AvgIpc) is 2.44. The molecular weight excluding hydrogens is 280 g/mol. The van der Waals surface area contributed by atoms with Crippen LogP contribution in [0.15, 0.2) is 0 Å². The summed E-state index contributed by atoms with van der Waals surface area (Å²) in [6.45, 7) is 8.15. The fourth-order valence-electron chi connectivity index (χ4n) is 2.01. The summed E-state index contributed by atoms with van der Waals surface area (Å²) in [6.07, 6.45) is 9.12. The third-order valence-electron chi connectivity index (χ3n) is 4.21. The predicted octanol–water partition coefficient (Wildman–Crippen LogP) is 4.51. The van der Waals surface area contributed by atoms with E-state index >= 15 is 0 Å². The molecule has 130 valence electrons. The Kier molecular flexibility index (Phi) is 12.9. The second-order valence-corrected chi connectivity index (χ2v) is 5.78. The normalized spacial score (nSPS) is 13.2. The Labute approximate surface area is 135 Å². The summed E-state index contributed by atoms with van der Waals surface area (Å²) in [5, 5.41) is 0. The molecule has 4 nitrogen and oxygen atoms in total. The van der Waals surface area contributed by atoms with E-state index in [0.29, 0.717) is 0 Å². The first-order chi connectivity index (χ1) is 10.6. The van der Waals surface area contributed by atoms with Gasteiger partial charge >= 0.3 is 11.9 Å². The number of ether oxygens (including phenoxy) is 2. The Morgan fingerprint density at radius 1 is 0.682 bits per heavy atom. The van der Waals surface area contributed by atoms with E-state index in [-0.39, 0.29) is 37.0 Å². The van der Waals surface area contributed by atoms with Crippen LogP contribution < -0.4 is 0 Å². The minimum atomic E-state index is -0.196. The lowest BCUT2D eigenvalue weighted by molar-refractivity contribution is -0.157. The van der Waals surface area contributed by atoms with E-state index < -0.39 is 0 Å². The fourth-order valence-corrected chi connectivity index (χ4v) is 2.01. The van der Waals surface area contributed by atoms with E-state index in [1.54, 1.807) is 0 Å². The molecule has 0 aliphatic heterocycles. The molecular formula is C18H34O4. The summed E-state index contributed by atoms with van der Waals surface area (Å²) >= 11 is 0. The first kappa shape index (κ1) is 20.9. The Hall–Kier alpha value is -1.06. The third-order valence-corrected chi connectivity index (χ3v) is 4.21. The van der Waals surface area contributed by atoms with Crippen molar-refractivity contribution in [3.05, 3.63) is 0 Å². The van der Waals surface area contributed by atoms with Crippen LogP contribution in [-0.4, -0.2) is 25.2 Å². The average molecular weight is 314 g/mol. The van der Waals surface area contributed by atoms with Crippen LogP contribution in [0.2, 0.25) is 0 Å². The molecule has 0 amide bonds. The standard InChI is InChI=1S/C14H26O4.C4H8/c1-5-11(6-2)13(15)17-9-10-18-14(16)12(7-3)8-4;1-2-4-3-1/h11-12H,5-10H2,1-4H3;1-4H2. The van der Waals surface area contributed by atoms with E-state index in [1.165, 1.54) is 25.7 Å². The van der Waals surface area contributed by atoms with Crippen molar-refractivity contribution in [2.45, 2.75) is 79.1 Å². The van der Waals surface area contributed by atoms with E-state index in [1.807, 2.05) is 27.7 Å². The summed E-state index contributed by atoms with van der Waals surface area (Å²) in [7, 11) is 0. The van der Waals surface area contributed by atoms with Gasteiger partial charge in [-0.3, -0.25) is 9.59 Å². The van der Waals surface area contributed by atoms with Crippen LogP contribution >= 0.6 is 0 Å². The molecule has 1 aliphatic carbocycles. The molecule has 0 saturated heterocycles. The lowest BCUT2D eigenvalue weighted by atomic mass is 10.0. The number of esters is 2. The highest BCUT2D eigenvalue weighted by atomic mass is 16.6. The summed E-state index contributed by atoms with van der Waals surface area (Å²) in [6, 6.07) is 0. The number of carbonyl (C=O) groups is 2. The zero-order valence-corrected chi connectivity index (χ0v) is 14.9. The molecule has 1 aliphatic rings. The van der Waals surface area contributed by atoms with Gasteiger partial charge in [-0.15, -0.1) is 0 Å². The van der Waals surface area contributed by atoms with Crippen LogP contribution in [0.3, 0.4) is 0 Å². The van der Waals surface area contributed by atoms with Crippen molar-refractivity contribution in [2.24, 2.45) is 11.8 Å².